The number of amides is 1. The highest BCUT2D eigenvalue weighted by molar-refractivity contribution is 7.98. The number of allylic oxidation sites excluding steroid dienone is 1. The fourth-order valence-electron chi connectivity index (χ4n) is 3.67. The number of carbonyl (C=O) groups excluding carboxylic acids is 1. The van der Waals surface area contributed by atoms with E-state index in [9.17, 15) is 14.7 Å². The minimum atomic E-state index is -0.994. The number of phenolic OH excluding ortho intramolecular Hbond substituents is 1. The highest BCUT2D eigenvalue weighted by Crippen LogP contribution is 2.37. The maximum absolute atomic E-state index is 12.8. The van der Waals surface area contributed by atoms with E-state index in [4.69, 9.17) is 9.84 Å². The van der Waals surface area contributed by atoms with Gasteiger partial charge in [0.1, 0.15) is 11.9 Å². The first kappa shape index (κ1) is 24.2. The molecule has 0 fully saturated rings. The van der Waals surface area contributed by atoms with E-state index in [1.54, 1.807) is 30.0 Å². The van der Waals surface area contributed by atoms with Crippen molar-refractivity contribution in [1.29, 1.82) is 0 Å². The van der Waals surface area contributed by atoms with E-state index in [0.717, 1.165) is 21.9 Å². The number of anilines is 1. The molecule has 3 N–H and O–H groups in total. The topological polar surface area (TPSA) is 95.9 Å². The Bertz CT molecular complexity index is 1140. The zero-order chi connectivity index (χ0) is 23.8. The van der Waals surface area contributed by atoms with Crippen molar-refractivity contribution < 1.29 is 24.5 Å². The Morgan fingerprint density at radius 3 is 2.42 bits per heavy atom. The Hall–Kier alpha value is -3.45. The molecule has 0 heterocycles. The molecule has 0 radical (unpaired) electrons. The average molecular weight is 466 g/mol. The van der Waals surface area contributed by atoms with Crippen molar-refractivity contribution in [3.05, 3.63) is 78.4 Å². The lowest BCUT2D eigenvalue weighted by atomic mass is 9.89. The van der Waals surface area contributed by atoms with Crippen LogP contribution in [0.25, 0.3) is 10.8 Å². The minimum absolute atomic E-state index is 0.110. The third kappa shape index (κ3) is 6.52. The summed E-state index contributed by atoms with van der Waals surface area (Å²) in [5, 5.41) is 23.3. The molecule has 1 amide bonds. The van der Waals surface area contributed by atoms with Crippen LogP contribution < -0.4 is 5.32 Å². The van der Waals surface area contributed by atoms with Gasteiger partial charge in [0.05, 0.1) is 0 Å². The fourth-order valence-corrected chi connectivity index (χ4v) is 4.08. The first-order valence-corrected chi connectivity index (χ1v) is 11.8. The van der Waals surface area contributed by atoms with E-state index in [1.807, 2.05) is 61.7 Å². The lowest BCUT2D eigenvalue weighted by molar-refractivity contribution is -0.131. The van der Waals surface area contributed by atoms with E-state index in [2.05, 4.69) is 5.32 Å². The lowest BCUT2D eigenvalue weighted by Gasteiger charge is -2.26. The molecule has 6 nitrogen and oxygen atoms in total. The summed E-state index contributed by atoms with van der Waals surface area (Å²) in [6, 6.07) is 18.3. The zero-order valence-corrected chi connectivity index (χ0v) is 19.3. The maximum atomic E-state index is 12.8. The number of aromatic hydroxyl groups is 1. The summed E-state index contributed by atoms with van der Waals surface area (Å²) in [7, 11) is 0. The van der Waals surface area contributed by atoms with E-state index < -0.39 is 18.2 Å². The predicted octanol–water partition coefficient (Wildman–Crippen LogP) is 6.61. The number of hydrogen-bond acceptors (Lipinski definition) is 5. The number of rotatable bonds is 9. The predicted molar refractivity (Wildman–Crippen MR) is 132 cm³/mol. The third-order valence-electron chi connectivity index (χ3n) is 5.38. The Balaban J connectivity index is 1.86. The van der Waals surface area contributed by atoms with Gasteiger partial charge in [-0.1, -0.05) is 43.3 Å². The van der Waals surface area contributed by atoms with Crippen molar-refractivity contribution in [3.63, 3.8) is 0 Å². The molecule has 33 heavy (non-hydrogen) atoms. The van der Waals surface area contributed by atoms with E-state index >= 15 is 0 Å². The fraction of sp³-hybridized carbons (Fsp3) is 0.231. The number of aliphatic carboxylic acids is 1. The SMILES string of the molecule is CSc1ccc(NC(=O)O[C@H](c2ccc(O)c3ccccc23)[C@@H](C)CC/C=C/C(=O)O)cc1. The molecule has 0 saturated heterocycles. The van der Waals surface area contributed by atoms with E-state index in [0.29, 0.717) is 23.9 Å². The van der Waals surface area contributed by atoms with Crippen LogP contribution in [0, 0.1) is 5.92 Å². The normalized spacial score (nSPS) is 13.0. The number of thioether (sulfide) groups is 1. The van der Waals surface area contributed by atoms with Gasteiger partial charge in [-0.25, -0.2) is 9.59 Å². The smallest absolute Gasteiger partial charge is 0.412 e. The number of hydrogen-bond donors (Lipinski definition) is 3. The molecule has 0 bridgehead atoms. The molecule has 0 aromatic heterocycles. The van der Waals surface area contributed by atoms with Crippen LogP contribution in [0.3, 0.4) is 0 Å². The van der Waals surface area contributed by atoms with E-state index in [1.165, 1.54) is 0 Å². The highest BCUT2D eigenvalue weighted by Gasteiger charge is 2.26. The summed E-state index contributed by atoms with van der Waals surface area (Å²) in [5.41, 5.74) is 1.41. The number of carbonyl (C=O) groups is 2. The van der Waals surface area contributed by atoms with Crippen molar-refractivity contribution in [2.45, 2.75) is 30.8 Å². The zero-order valence-electron chi connectivity index (χ0n) is 18.5. The molecule has 2 atom stereocenters. The summed E-state index contributed by atoms with van der Waals surface area (Å²) in [6.07, 6.45) is 4.65. The Kier molecular flexibility index (Phi) is 8.38. The van der Waals surface area contributed by atoms with E-state index in [-0.39, 0.29) is 11.7 Å². The molecule has 3 aromatic rings. The number of carboxylic acids is 1. The van der Waals surface area contributed by atoms with Crippen LogP contribution in [0.5, 0.6) is 5.75 Å². The standard InChI is InChI=1S/C26H27NO5S/c1-17(7-3-6-10-24(29)30)25(22-15-16-23(28)21-9-5-4-8-20(21)22)32-26(31)27-18-11-13-19(33-2)14-12-18/h4-6,8-17,25,28H,3,7H2,1-2H3,(H,27,31)(H,29,30)/b10-6+/t17-,25-/m0/s1. The second kappa shape index (κ2) is 11.4. The van der Waals surface area contributed by atoms with Gasteiger partial charge >= 0.3 is 12.1 Å². The molecule has 0 spiro atoms. The monoisotopic (exact) mass is 465 g/mol. The van der Waals surface area contributed by atoms with Crippen LogP contribution in [0.2, 0.25) is 0 Å². The largest absolute Gasteiger partial charge is 0.507 e. The van der Waals surface area contributed by atoms with Crippen LogP contribution in [-0.2, 0) is 9.53 Å². The molecule has 0 aliphatic heterocycles. The van der Waals surface area contributed by atoms with Crippen molar-refractivity contribution in [2.75, 3.05) is 11.6 Å². The first-order chi connectivity index (χ1) is 15.9. The first-order valence-electron chi connectivity index (χ1n) is 10.6. The Labute approximate surface area is 197 Å². The number of benzene rings is 3. The van der Waals surface area contributed by atoms with Crippen molar-refractivity contribution in [1.82, 2.24) is 0 Å². The molecule has 172 valence electrons. The number of nitrogens with one attached hydrogen (secondary N) is 1. The van der Waals surface area contributed by atoms with Gasteiger partial charge in [-0.15, -0.1) is 11.8 Å². The van der Waals surface area contributed by atoms with Crippen molar-refractivity contribution >= 4 is 40.3 Å². The molecule has 0 unspecified atom stereocenters. The number of phenols is 1. The average Bonchev–Trinajstić information content (AvgIpc) is 2.81. The minimum Gasteiger partial charge on any atom is -0.507 e. The van der Waals surface area contributed by atoms with Gasteiger partial charge in [0.2, 0.25) is 0 Å². The molecular weight excluding hydrogens is 438 g/mol. The Morgan fingerprint density at radius 2 is 1.76 bits per heavy atom. The summed E-state index contributed by atoms with van der Waals surface area (Å²) in [6.45, 7) is 1.96. The molecule has 3 rings (SSSR count). The maximum Gasteiger partial charge on any atom is 0.412 e. The van der Waals surface area contributed by atoms with Gasteiger partial charge in [-0.3, -0.25) is 5.32 Å². The molecule has 0 saturated carbocycles. The van der Waals surface area contributed by atoms with Gasteiger partial charge < -0.3 is 14.9 Å². The van der Waals surface area contributed by atoms with Crippen LogP contribution in [-0.4, -0.2) is 28.5 Å². The highest BCUT2D eigenvalue weighted by atomic mass is 32.2. The van der Waals surface area contributed by atoms with Crippen molar-refractivity contribution in [3.8, 4) is 5.75 Å². The molecule has 0 aliphatic rings. The molecule has 3 aromatic carbocycles. The van der Waals surface area contributed by atoms with Gasteiger partial charge in [0.15, 0.2) is 0 Å². The second-order valence-corrected chi connectivity index (χ2v) is 8.57. The summed E-state index contributed by atoms with van der Waals surface area (Å²) >= 11 is 1.61. The number of carboxylic acid groups (broad SMARTS) is 1. The number of fused-ring (bicyclic) bond motifs is 1. The van der Waals surface area contributed by atoms with Gasteiger partial charge in [-0.05, 0) is 60.7 Å². The van der Waals surface area contributed by atoms with Crippen molar-refractivity contribution in [2.24, 2.45) is 5.92 Å². The van der Waals surface area contributed by atoms with Crippen LogP contribution in [0.1, 0.15) is 31.4 Å². The van der Waals surface area contributed by atoms with Gasteiger partial charge in [-0.2, -0.15) is 0 Å². The molecular formula is C26H27NO5S. The van der Waals surface area contributed by atoms with Crippen LogP contribution in [0.15, 0.2) is 77.7 Å². The lowest BCUT2D eigenvalue weighted by Crippen LogP contribution is -2.22. The summed E-state index contributed by atoms with van der Waals surface area (Å²) in [5.74, 6) is -0.948. The quantitative estimate of drug-likeness (QED) is 0.243. The number of ether oxygens (including phenoxy) is 1. The van der Waals surface area contributed by atoms with Crippen LogP contribution in [0.4, 0.5) is 10.5 Å². The van der Waals surface area contributed by atoms with Gasteiger partial charge in [0.25, 0.3) is 0 Å². The second-order valence-electron chi connectivity index (χ2n) is 7.69. The van der Waals surface area contributed by atoms with Crippen LogP contribution >= 0.6 is 11.8 Å². The molecule has 7 heteroatoms. The van der Waals surface area contributed by atoms with Gasteiger partial charge in [0, 0.05) is 27.6 Å². The summed E-state index contributed by atoms with van der Waals surface area (Å²) in [4.78, 5) is 24.6. The third-order valence-corrected chi connectivity index (χ3v) is 6.12. The summed E-state index contributed by atoms with van der Waals surface area (Å²) < 4.78 is 5.91. The molecule has 0 aliphatic carbocycles. The Morgan fingerprint density at radius 1 is 1.06 bits per heavy atom.